The van der Waals surface area contributed by atoms with Gasteiger partial charge in [-0.1, -0.05) is 0 Å². The van der Waals surface area contributed by atoms with Gasteiger partial charge in [-0.25, -0.2) is 14.4 Å². The topological polar surface area (TPSA) is 34.0 Å². The Kier molecular flexibility index (Phi) is 3.56. The van der Waals surface area contributed by atoms with E-state index in [9.17, 15) is 4.39 Å². The van der Waals surface area contributed by atoms with Crippen LogP contribution in [0.3, 0.4) is 0 Å². The molecule has 2 aromatic heterocycles. The van der Waals surface area contributed by atoms with E-state index < -0.39 is 0 Å². The van der Waals surface area contributed by atoms with E-state index in [-0.39, 0.29) is 5.82 Å². The van der Waals surface area contributed by atoms with Crippen LogP contribution in [-0.2, 0) is 6.54 Å². The highest BCUT2D eigenvalue weighted by Crippen LogP contribution is 2.34. The van der Waals surface area contributed by atoms with Crippen LogP contribution >= 0.6 is 0 Å². The van der Waals surface area contributed by atoms with Gasteiger partial charge in [0.2, 0.25) is 0 Å². The van der Waals surface area contributed by atoms with Crippen molar-refractivity contribution in [3.8, 4) is 0 Å². The molecule has 1 aliphatic heterocycles. The second-order valence-corrected chi connectivity index (χ2v) is 6.45. The van der Waals surface area contributed by atoms with Crippen molar-refractivity contribution in [1.29, 1.82) is 0 Å². The van der Waals surface area contributed by atoms with E-state index in [2.05, 4.69) is 25.6 Å². The van der Waals surface area contributed by atoms with Gasteiger partial charge < -0.3 is 9.47 Å². The van der Waals surface area contributed by atoms with Crippen molar-refractivity contribution in [2.45, 2.75) is 38.1 Å². The second-order valence-electron chi connectivity index (χ2n) is 6.45. The zero-order valence-electron chi connectivity index (χ0n) is 12.7. The van der Waals surface area contributed by atoms with Crippen molar-refractivity contribution < 1.29 is 4.39 Å². The lowest BCUT2D eigenvalue weighted by Crippen LogP contribution is -2.34. The molecule has 3 heterocycles. The summed E-state index contributed by atoms with van der Waals surface area (Å²) in [4.78, 5) is 10.8. The fraction of sp³-hybridized carbons (Fsp3) is 0.529. The number of aromatic nitrogens is 3. The molecule has 0 spiro atoms. The quantitative estimate of drug-likeness (QED) is 0.869. The Hall–Kier alpha value is -1.91. The summed E-state index contributed by atoms with van der Waals surface area (Å²) in [6.07, 6.45) is 10.4. The number of hydrogen-bond donors (Lipinski definition) is 0. The fourth-order valence-electron chi connectivity index (χ4n) is 3.37. The predicted octanol–water partition coefficient (Wildman–Crippen LogP) is 3.21. The van der Waals surface area contributed by atoms with E-state index in [1.54, 1.807) is 12.3 Å². The van der Waals surface area contributed by atoms with Crippen molar-refractivity contribution in [3.63, 3.8) is 0 Å². The Morgan fingerprint density at radius 2 is 1.91 bits per heavy atom. The zero-order chi connectivity index (χ0) is 14.9. The molecule has 0 aromatic carbocycles. The number of nitrogens with zero attached hydrogens (tertiary/aromatic N) is 4. The molecule has 0 amide bonds. The van der Waals surface area contributed by atoms with Crippen molar-refractivity contribution in [3.05, 3.63) is 42.4 Å². The van der Waals surface area contributed by atoms with Crippen molar-refractivity contribution in [1.82, 2.24) is 14.5 Å². The lowest BCUT2D eigenvalue weighted by molar-refractivity contribution is 0.452. The molecule has 5 heteroatoms. The largest absolute Gasteiger partial charge is 0.354 e. The molecule has 116 valence electrons. The molecule has 0 atom stereocenters. The van der Waals surface area contributed by atoms with Gasteiger partial charge in [0.1, 0.15) is 5.82 Å². The standard InChI is InChI=1S/C17H21FN4/c18-15-2-1-7-19-17(15)21-9-5-14(6-10-21)16-20-8-11-22(16)12-13-3-4-13/h1-2,7-8,11,13-14H,3-6,9-10,12H2. The van der Waals surface area contributed by atoms with E-state index >= 15 is 0 Å². The Bertz CT molecular complexity index is 642. The fourth-order valence-corrected chi connectivity index (χ4v) is 3.37. The average Bonchev–Trinajstić information content (AvgIpc) is 3.24. The summed E-state index contributed by atoms with van der Waals surface area (Å²) in [5, 5.41) is 0. The van der Waals surface area contributed by atoms with Gasteiger partial charge in [-0.15, -0.1) is 0 Å². The molecule has 0 radical (unpaired) electrons. The number of rotatable bonds is 4. The van der Waals surface area contributed by atoms with Gasteiger partial charge in [0.25, 0.3) is 0 Å². The van der Waals surface area contributed by atoms with Crippen LogP contribution in [0.1, 0.15) is 37.4 Å². The molecule has 2 aliphatic rings. The molecule has 4 nitrogen and oxygen atoms in total. The van der Waals surface area contributed by atoms with Gasteiger partial charge in [-0.2, -0.15) is 0 Å². The highest BCUT2D eigenvalue weighted by Gasteiger charge is 2.28. The van der Waals surface area contributed by atoms with Gasteiger partial charge in [0, 0.05) is 44.1 Å². The minimum atomic E-state index is -0.226. The number of imidazole rings is 1. The lowest BCUT2D eigenvalue weighted by atomic mass is 9.95. The minimum absolute atomic E-state index is 0.226. The summed E-state index contributed by atoms with van der Waals surface area (Å²) in [6.45, 7) is 2.80. The van der Waals surface area contributed by atoms with E-state index in [1.807, 2.05) is 6.20 Å². The van der Waals surface area contributed by atoms with Crippen LogP contribution in [0.25, 0.3) is 0 Å². The van der Waals surface area contributed by atoms with Crippen LogP contribution in [-0.4, -0.2) is 27.6 Å². The third kappa shape index (κ3) is 2.72. The molecular formula is C17H21FN4. The molecule has 4 rings (SSSR count). The van der Waals surface area contributed by atoms with Crippen LogP contribution in [0, 0.1) is 11.7 Å². The van der Waals surface area contributed by atoms with Crippen LogP contribution < -0.4 is 4.90 Å². The van der Waals surface area contributed by atoms with Gasteiger partial charge in [-0.05, 0) is 43.7 Å². The summed E-state index contributed by atoms with van der Waals surface area (Å²) in [6, 6.07) is 3.12. The summed E-state index contributed by atoms with van der Waals surface area (Å²) in [5.74, 6) is 2.82. The second kappa shape index (κ2) is 5.71. The molecule has 1 saturated carbocycles. The van der Waals surface area contributed by atoms with Crippen LogP contribution in [0.2, 0.25) is 0 Å². The summed E-state index contributed by atoms with van der Waals surface area (Å²) in [7, 11) is 0. The van der Waals surface area contributed by atoms with E-state index in [4.69, 9.17) is 0 Å². The lowest BCUT2D eigenvalue weighted by Gasteiger charge is -2.32. The first kappa shape index (κ1) is 13.7. The van der Waals surface area contributed by atoms with Gasteiger partial charge in [0.05, 0.1) is 0 Å². The van der Waals surface area contributed by atoms with Gasteiger partial charge in [0.15, 0.2) is 11.6 Å². The number of hydrogen-bond acceptors (Lipinski definition) is 3. The molecule has 22 heavy (non-hydrogen) atoms. The Labute approximate surface area is 130 Å². The monoisotopic (exact) mass is 300 g/mol. The molecule has 1 aliphatic carbocycles. The molecule has 2 aromatic rings. The minimum Gasteiger partial charge on any atom is -0.354 e. The van der Waals surface area contributed by atoms with Gasteiger partial charge >= 0.3 is 0 Å². The summed E-state index contributed by atoms with van der Waals surface area (Å²) in [5.41, 5.74) is 0. The summed E-state index contributed by atoms with van der Waals surface area (Å²) >= 11 is 0. The van der Waals surface area contributed by atoms with E-state index in [1.165, 1.54) is 24.7 Å². The number of halogens is 1. The average molecular weight is 300 g/mol. The number of pyridine rings is 1. The number of anilines is 1. The van der Waals surface area contributed by atoms with Crippen molar-refractivity contribution in [2.24, 2.45) is 5.92 Å². The molecule has 0 bridgehead atoms. The highest BCUT2D eigenvalue weighted by molar-refractivity contribution is 5.40. The third-order valence-electron chi connectivity index (χ3n) is 4.80. The zero-order valence-corrected chi connectivity index (χ0v) is 12.7. The van der Waals surface area contributed by atoms with E-state index in [0.717, 1.165) is 38.4 Å². The smallest absolute Gasteiger partial charge is 0.165 e. The molecule has 2 fully saturated rings. The third-order valence-corrected chi connectivity index (χ3v) is 4.80. The SMILES string of the molecule is Fc1cccnc1N1CCC(c2nccn2CC2CC2)CC1. The van der Waals surface area contributed by atoms with Gasteiger partial charge in [-0.3, -0.25) is 0 Å². The highest BCUT2D eigenvalue weighted by atomic mass is 19.1. The molecule has 1 saturated heterocycles. The van der Waals surface area contributed by atoms with Crippen LogP contribution in [0.5, 0.6) is 0 Å². The first-order valence-corrected chi connectivity index (χ1v) is 8.18. The number of piperidine rings is 1. The molecule has 0 unspecified atom stereocenters. The maximum atomic E-state index is 13.8. The predicted molar refractivity (Wildman–Crippen MR) is 83.3 cm³/mol. The first-order valence-electron chi connectivity index (χ1n) is 8.18. The molecule has 0 N–H and O–H groups in total. The van der Waals surface area contributed by atoms with E-state index in [0.29, 0.717) is 11.7 Å². The Morgan fingerprint density at radius 3 is 2.64 bits per heavy atom. The maximum absolute atomic E-state index is 13.8. The van der Waals surface area contributed by atoms with Crippen LogP contribution in [0.15, 0.2) is 30.7 Å². The Balaban J connectivity index is 1.43. The van der Waals surface area contributed by atoms with Crippen molar-refractivity contribution >= 4 is 5.82 Å². The maximum Gasteiger partial charge on any atom is 0.165 e. The van der Waals surface area contributed by atoms with Crippen molar-refractivity contribution in [2.75, 3.05) is 18.0 Å². The first-order chi connectivity index (χ1) is 10.8. The molecular weight excluding hydrogens is 279 g/mol. The normalized spacial score (nSPS) is 19.6. The Morgan fingerprint density at radius 1 is 1.09 bits per heavy atom. The summed E-state index contributed by atoms with van der Waals surface area (Å²) < 4.78 is 16.2. The van der Waals surface area contributed by atoms with Crippen LogP contribution in [0.4, 0.5) is 10.2 Å².